The maximum Gasteiger partial charge on any atom is 0.319 e. The number of fused-ring (bicyclic) bond motifs is 1. The quantitative estimate of drug-likeness (QED) is 0.635. The molecule has 2 fully saturated rings. The van der Waals surface area contributed by atoms with Gasteiger partial charge in [0.15, 0.2) is 5.65 Å². The Morgan fingerprint density at radius 3 is 2.59 bits per heavy atom. The molecule has 0 aromatic carbocycles. The zero-order valence-electron chi connectivity index (χ0n) is 18.6. The molecule has 0 radical (unpaired) electrons. The van der Waals surface area contributed by atoms with E-state index < -0.39 is 5.54 Å². The smallest absolute Gasteiger partial charge is 0.319 e. The summed E-state index contributed by atoms with van der Waals surface area (Å²) in [7, 11) is 3.51. The van der Waals surface area contributed by atoms with Crippen molar-refractivity contribution >= 4 is 35.2 Å². The topological polar surface area (TPSA) is 109 Å². The van der Waals surface area contributed by atoms with Crippen LogP contribution in [0.5, 0.6) is 0 Å². The number of carbonyl (C=O) groups is 2. The Morgan fingerprint density at radius 1 is 1.28 bits per heavy atom. The van der Waals surface area contributed by atoms with Gasteiger partial charge in [-0.15, -0.1) is 0 Å². The molecule has 1 aliphatic carbocycles. The molecule has 0 unspecified atom stereocenters. The summed E-state index contributed by atoms with van der Waals surface area (Å²) >= 11 is 1.40. The summed E-state index contributed by atoms with van der Waals surface area (Å²) < 4.78 is 5.09. The number of urea groups is 1. The van der Waals surface area contributed by atoms with Gasteiger partial charge in [0.1, 0.15) is 11.2 Å². The second kappa shape index (κ2) is 8.88. The van der Waals surface area contributed by atoms with Crippen LogP contribution in [0.4, 0.5) is 10.5 Å². The molecule has 0 atom stereocenters. The number of hydrogen-bond acceptors (Lipinski definition) is 7. The van der Waals surface area contributed by atoms with E-state index in [1.54, 1.807) is 25.2 Å². The van der Waals surface area contributed by atoms with Gasteiger partial charge in [0.25, 0.3) is 5.91 Å². The normalized spacial score (nSPS) is 17.2. The molecule has 2 aliphatic rings. The Labute approximate surface area is 191 Å². The average molecular weight is 457 g/mol. The van der Waals surface area contributed by atoms with E-state index in [1.807, 2.05) is 28.5 Å². The standard InChI is InChI=1S/C21H28N8O2S/c1-4-23-19(30)17-12-24-18-16(27-7-9-28(10-8-27)20(31)26(2)3)11-15(13-29(17)18)32-25-21(14-22)5-6-21/h11-13,25H,4-10H2,1-3H3,(H,23,30). The molecule has 1 aliphatic heterocycles. The third kappa shape index (κ3) is 4.33. The lowest BCUT2D eigenvalue weighted by atomic mass is 10.2. The largest absolute Gasteiger partial charge is 0.365 e. The Morgan fingerprint density at radius 2 is 2.00 bits per heavy atom. The summed E-state index contributed by atoms with van der Waals surface area (Å²) in [6, 6.07) is 4.38. The number of hydrogen-bond donors (Lipinski definition) is 2. The van der Waals surface area contributed by atoms with Gasteiger partial charge in [-0.25, -0.2) is 14.5 Å². The third-order valence-corrected chi connectivity index (χ3v) is 6.68. The van der Waals surface area contributed by atoms with Crippen LogP contribution in [0.1, 0.15) is 30.3 Å². The zero-order chi connectivity index (χ0) is 22.9. The van der Waals surface area contributed by atoms with Crippen LogP contribution in [0, 0.1) is 11.3 Å². The maximum atomic E-state index is 12.6. The monoisotopic (exact) mass is 456 g/mol. The first kappa shape index (κ1) is 22.2. The molecular weight excluding hydrogens is 428 g/mol. The van der Waals surface area contributed by atoms with Gasteiger partial charge in [-0.2, -0.15) is 5.26 Å². The second-order valence-corrected chi connectivity index (χ2v) is 9.19. The fourth-order valence-electron chi connectivity index (χ4n) is 3.69. The van der Waals surface area contributed by atoms with Gasteiger partial charge in [0.05, 0.1) is 18.0 Å². The summed E-state index contributed by atoms with van der Waals surface area (Å²) in [6.07, 6.45) is 5.15. The zero-order valence-corrected chi connectivity index (χ0v) is 19.4. The first-order valence-corrected chi connectivity index (χ1v) is 11.5. The van der Waals surface area contributed by atoms with Crippen molar-refractivity contribution in [1.82, 2.24) is 29.2 Å². The van der Waals surface area contributed by atoms with Crippen LogP contribution in [0.15, 0.2) is 23.4 Å². The number of aromatic nitrogens is 2. The van der Waals surface area contributed by atoms with E-state index in [1.165, 1.54) is 11.9 Å². The van der Waals surface area contributed by atoms with Gasteiger partial charge in [0, 0.05) is 57.9 Å². The average Bonchev–Trinajstić information content (AvgIpc) is 3.46. The SMILES string of the molecule is CCNC(=O)c1cnc2c(N3CCN(C(=O)N(C)C)CC3)cc(SNC3(C#N)CC3)cn12. The number of nitriles is 1. The molecule has 4 rings (SSSR count). The highest BCUT2D eigenvalue weighted by Gasteiger charge is 2.43. The molecule has 3 amide bonds. The minimum absolute atomic E-state index is 0.00821. The number of nitrogens with one attached hydrogen (secondary N) is 2. The van der Waals surface area contributed by atoms with Crippen LogP contribution in [-0.2, 0) is 0 Å². The Balaban J connectivity index is 1.64. The number of carbonyl (C=O) groups excluding carboxylic acids is 2. The molecule has 2 aromatic rings. The summed E-state index contributed by atoms with van der Waals surface area (Å²) in [4.78, 5) is 35.9. The maximum absolute atomic E-state index is 12.6. The fourth-order valence-corrected chi connectivity index (χ4v) is 4.58. The molecule has 3 heterocycles. The van der Waals surface area contributed by atoms with Gasteiger partial charge < -0.3 is 20.0 Å². The van der Waals surface area contributed by atoms with Crippen molar-refractivity contribution < 1.29 is 9.59 Å². The molecule has 32 heavy (non-hydrogen) atoms. The van der Waals surface area contributed by atoms with Crippen LogP contribution >= 0.6 is 11.9 Å². The van der Waals surface area contributed by atoms with Crippen molar-refractivity contribution in [2.45, 2.75) is 30.2 Å². The Hall–Kier alpha value is -2.97. The molecule has 0 bridgehead atoms. The fraction of sp³-hybridized carbons (Fsp3) is 0.524. The molecule has 11 heteroatoms. The molecule has 10 nitrogen and oxygen atoms in total. The first-order valence-electron chi connectivity index (χ1n) is 10.7. The van der Waals surface area contributed by atoms with E-state index in [2.05, 4.69) is 26.0 Å². The Kier molecular flexibility index (Phi) is 6.17. The number of pyridine rings is 1. The number of amides is 3. The summed E-state index contributed by atoms with van der Waals surface area (Å²) in [5, 5.41) is 12.2. The van der Waals surface area contributed by atoms with E-state index in [-0.39, 0.29) is 11.9 Å². The lowest BCUT2D eigenvalue weighted by Crippen LogP contribution is -2.51. The van der Waals surface area contributed by atoms with Gasteiger partial charge >= 0.3 is 6.03 Å². The van der Waals surface area contributed by atoms with Gasteiger partial charge in [-0.1, -0.05) is 0 Å². The van der Waals surface area contributed by atoms with Crippen molar-refractivity contribution in [1.29, 1.82) is 5.26 Å². The van der Waals surface area contributed by atoms with Crippen LogP contribution in [0.3, 0.4) is 0 Å². The van der Waals surface area contributed by atoms with E-state index >= 15 is 0 Å². The second-order valence-electron chi connectivity index (χ2n) is 8.31. The third-order valence-electron chi connectivity index (χ3n) is 5.73. The molecule has 2 aromatic heterocycles. The molecule has 170 valence electrons. The van der Waals surface area contributed by atoms with Crippen molar-refractivity contribution in [3.05, 3.63) is 24.2 Å². The van der Waals surface area contributed by atoms with E-state index in [4.69, 9.17) is 0 Å². The van der Waals surface area contributed by atoms with Gasteiger partial charge in [-0.05, 0) is 37.8 Å². The molecule has 2 N–H and O–H groups in total. The van der Waals surface area contributed by atoms with E-state index in [0.717, 1.165) is 23.4 Å². The number of anilines is 1. The predicted octanol–water partition coefficient (Wildman–Crippen LogP) is 1.54. The highest BCUT2D eigenvalue weighted by molar-refractivity contribution is 7.97. The van der Waals surface area contributed by atoms with Crippen molar-refractivity contribution in [2.24, 2.45) is 0 Å². The van der Waals surface area contributed by atoms with Crippen LogP contribution in [0.2, 0.25) is 0 Å². The van der Waals surface area contributed by atoms with Crippen LogP contribution < -0.4 is 14.9 Å². The summed E-state index contributed by atoms with van der Waals surface area (Å²) in [5.41, 5.74) is 1.61. The number of piperazine rings is 1. The summed E-state index contributed by atoms with van der Waals surface area (Å²) in [6.45, 7) is 4.97. The number of rotatable bonds is 6. The minimum atomic E-state index is -0.463. The number of nitrogens with zero attached hydrogens (tertiary/aromatic N) is 6. The van der Waals surface area contributed by atoms with E-state index in [9.17, 15) is 14.9 Å². The van der Waals surface area contributed by atoms with Crippen molar-refractivity contribution in [3.63, 3.8) is 0 Å². The summed E-state index contributed by atoms with van der Waals surface area (Å²) in [5.74, 6) is -0.182. The minimum Gasteiger partial charge on any atom is -0.365 e. The first-order chi connectivity index (χ1) is 15.4. The number of imidazole rings is 1. The van der Waals surface area contributed by atoms with Gasteiger partial charge in [0.2, 0.25) is 0 Å². The van der Waals surface area contributed by atoms with E-state index in [0.29, 0.717) is 44.1 Å². The van der Waals surface area contributed by atoms with Gasteiger partial charge in [-0.3, -0.25) is 9.20 Å². The highest BCUT2D eigenvalue weighted by Crippen LogP contribution is 2.38. The Bertz CT molecular complexity index is 1060. The molecule has 1 saturated heterocycles. The van der Waals surface area contributed by atoms with Crippen molar-refractivity contribution in [3.8, 4) is 6.07 Å². The molecular formula is C21H28N8O2S. The molecule has 0 spiro atoms. The van der Waals surface area contributed by atoms with Crippen LogP contribution in [0.25, 0.3) is 5.65 Å². The predicted molar refractivity (Wildman–Crippen MR) is 123 cm³/mol. The molecule has 1 saturated carbocycles. The highest BCUT2D eigenvalue weighted by atomic mass is 32.2. The van der Waals surface area contributed by atoms with Crippen LogP contribution in [-0.4, -0.2) is 83.5 Å². The lowest BCUT2D eigenvalue weighted by Gasteiger charge is -2.37. The lowest BCUT2D eigenvalue weighted by molar-refractivity contribution is 0.0950. The van der Waals surface area contributed by atoms with Crippen molar-refractivity contribution in [2.75, 3.05) is 51.7 Å².